The molecule has 6 aromatic carbocycles. The summed E-state index contributed by atoms with van der Waals surface area (Å²) < 4.78 is 9.29. The summed E-state index contributed by atoms with van der Waals surface area (Å²) in [7, 11) is 0. The molecule has 4 heterocycles. The van der Waals surface area contributed by atoms with E-state index in [1.165, 1.54) is 82.6 Å². The minimum absolute atomic E-state index is 0.408. The van der Waals surface area contributed by atoms with E-state index in [4.69, 9.17) is 0 Å². The number of benzene rings is 6. The average molecular weight is 742 g/mol. The standard InChI is InChI=1S/C34H16SSe2Te/c1-3-36-30-14-24-9-23-13-29-27(11-21(23)7-19(24)5-17(1)30)34-33(35-29)28-12-22-8-20-6-18-2-4-37-31(18)15-25(20)10-26(22)16-32(28)38-34/h1-16H. The molecule has 176 valence electrons. The van der Waals surface area contributed by atoms with Gasteiger partial charge in [0.05, 0.1) is 0 Å². The summed E-state index contributed by atoms with van der Waals surface area (Å²) in [5, 5.41) is 16.9. The van der Waals surface area contributed by atoms with Gasteiger partial charge in [-0.25, -0.2) is 0 Å². The van der Waals surface area contributed by atoms with Gasteiger partial charge in [-0.15, -0.1) is 0 Å². The molecule has 0 spiro atoms. The van der Waals surface area contributed by atoms with E-state index in [-0.39, 0.29) is 0 Å². The fourth-order valence-corrected chi connectivity index (χ4v) is 15.1. The van der Waals surface area contributed by atoms with Crippen molar-refractivity contribution < 1.29 is 0 Å². The van der Waals surface area contributed by atoms with E-state index < -0.39 is 20.4 Å². The summed E-state index contributed by atoms with van der Waals surface area (Å²) in [6.07, 6.45) is 0. The van der Waals surface area contributed by atoms with Gasteiger partial charge in [0.1, 0.15) is 0 Å². The van der Waals surface area contributed by atoms with Crippen LogP contribution in [0.4, 0.5) is 0 Å². The molecule has 0 nitrogen and oxygen atoms in total. The Bertz CT molecular complexity index is 2440. The molecule has 0 saturated carbocycles. The first-order valence-electron chi connectivity index (χ1n) is 12.6. The van der Waals surface area contributed by atoms with Gasteiger partial charge < -0.3 is 0 Å². The molecule has 4 aromatic heterocycles. The molecule has 0 fully saturated rings. The first-order valence-corrected chi connectivity index (χ1v) is 19.5. The normalized spacial score (nSPS) is 12.7. The maximum absolute atomic E-state index is 2.52. The fourth-order valence-electron chi connectivity index (χ4n) is 6.17. The van der Waals surface area contributed by atoms with Gasteiger partial charge in [0.25, 0.3) is 0 Å². The predicted molar refractivity (Wildman–Crippen MR) is 173 cm³/mol. The van der Waals surface area contributed by atoms with Crippen molar-refractivity contribution in [2.75, 3.05) is 0 Å². The van der Waals surface area contributed by atoms with Crippen molar-refractivity contribution in [2.45, 2.75) is 0 Å². The Morgan fingerprint density at radius 2 is 0.974 bits per heavy atom. The van der Waals surface area contributed by atoms with Gasteiger partial charge in [-0.1, -0.05) is 0 Å². The molecule has 0 saturated heterocycles. The third-order valence-electron chi connectivity index (χ3n) is 8.05. The van der Waals surface area contributed by atoms with Crippen molar-refractivity contribution in [3.05, 3.63) is 94.8 Å². The topological polar surface area (TPSA) is 0 Å². The monoisotopic (exact) mass is 746 g/mol. The third kappa shape index (κ3) is 2.98. The molecule has 0 aliphatic carbocycles. The van der Waals surface area contributed by atoms with Crippen LogP contribution in [0.15, 0.2) is 94.8 Å². The van der Waals surface area contributed by atoms with Gasteiger partial charge >= 0.3 is 245 Å². The Morgan fingerprint density at radius 1 is 0.474 bits per heavy atom. The van der Waals surface area contributed by atoms with E-state index in [9.17, 15) is 0 Å². The van der Waals surface area contributed by atoms with Gasteiger partial charge in [0.15, 0.2) is 0 Å². The van der Waals surface area contributed by atoms with Crippen LogP contribution in [0.25, 0.3) is 89.4 Å². The molecule has 0 amide bonds. The van der Waals surface area contributed by atoms with Crippen LogP contribution in [0.5, 0.6) is 0 Å². The number of hydrogen-bond acceptors (Lipinski definition) is 1. The van der Waals surface area contributed by atoms with Crippen LogP contribution in [0.3, 0.4) is 0 Å². The molecule has 0 aliphatic heterocycles. The number of fused-ring (bicyclic) bond motifs is 11. The third-order valence-corrected chi connectivity index (χ3v) is 16.7. The van der Waals surface area contributed by atoms with E-state index in [1.807, 2.05) is 11.3 Å². The second-order valence-corrected chi connectivity index (χ2v) is 18.3. The van der Waals surface area contributed by atoms with Crippen molar-refractivity contribution in [3.63, 3.8) is 0 Å². The summed E-state index contributed by atoms with van der Waals surface area (Å²) in [6, 6.07) is 33.9. The fraction of sp³-hybridized carbons (Fsp3) is 0. The van der Waals surface area contributed by atoms with E-state index in [1.54, 1.807) is 6.80 Å². The molecule has 0 aliphatic rings. The molecular formula is C34H16SSe2Te. The van der Waals surface area contributed by atoms with Gasteiger partial charge in [-0.2, -0.15) is 0 Å². The van der Waals surface area contributed by atoms with E-state index in [0.29, 0.717) is 29.0 Å². The van der Waals surface area contributed by atoms with Crippen LogP contribution in [0.1, 0.15) is 0 Å². The summed E-state index contributed by atoms with van der Waals surface area (Å²) in [5.41, 5.74) is 0. The van der Waals surface area contributed by atoms with Crippen molar-refractivity contribution in [3.8, 4) is 0 Å². The van der Waals surface area contributed by atoms with Gasteiger partial charge in [0.2, 0.25) is 0 Å². The molecule has 0 N–H and O–H groups in total. The van der Waals surface area contributed by atoms with Crippen molar-refractivity contribution in [1.82, 2.24) is 0 Å². The molecular weight excluding hydrogens is 726 g/mol. The van der Waals surface area contributed by atoms with Crippen LogP contribution in [-0.4, -0.2) is 49.4 Å². The van der Waals surface area contributed by atoms with E-state index in [0.717, 1.165) is 0 Å². The Labute approximate surface area is 242 Å². The Morgan fingerprint density at radius 3 is 1.63 bits per heavy atom. The molecule has 0 unspecified atom stereocenters. The quantitative estimate of drug-likeness (QED) is 0.107. The molecule has 38 heavy (non-hydrogen) atoms. The summed E-state index contributed by atoms with van der Waals surface area (Å²) in [6.45, 7) is 0. The zero-order valence-corrected chi connectivity index (χ0v) is 26.4. The molecule has 0 bridgehead atoms. The number of thiophene rings is 1. The molecule has 4 heteroatoms. The van der Waals surface area contributed by atoms with Crippen LogP contribution in [0, 0.1) is 0 Å². The zero-order chi connectivity index (χ0) is 24.5. The summed E-state index contributed by atoms with van der Waals surface area (Å²) in [4.78, 5) is 4.68. The second-order valence-electron chi connectivity index (χ2n) is 10.3. The maximum atomic E-state index is 2.52. The first-order chi connectivity index (χ1) is 18.7. The Kier molecular flexibility index (Phi) is 4.31. The Balaban J connectivity index is 1.24. The van der Waals surface area contributed by atoms with Crippen LogP contribution >= 0.6 is 11.3 Å². The predicted octanol–water partition coefficient (Wildman–Crippen LogP) is 9.30. The molecule has 0 radical (unpaired) electrons. The van der Waals surface area contributed by atoms with E-state index in [2.05, 4.69) is 94.8 Å². The van der Waals surface area contributed by atoms with Gasteiger partial charge in [-0.3, -0.25) is 0 Å². The van der Waals surface area contributed by atoms with Crippen LogP contribution in [-0.2, 0) is 0 Å². The molecule has 0 atom stereocenters. The van der Waals surface area contributed by atoms with Crippen LogP contribution < -0.4 is 0 Å². The number of hydrogen-bond donors (Lipinski definition) is 0. The van der Waals surface area contributed by atoms with Crippen molar-refractivity contribution in [2.24, 2.45) is 0 Å². The Hall–Kier alpha value is -2.37. The van der Waals surface area contributed by atoms with Crippen molar-refractivity contribution >= 4 is 150 Å². The SMILES string of the molecule is c1cc2cc3cc4cc5c(cc4cc3cc2[se]1)sc1c2cc3cc4cc6cc[se]c6cc4cc3cc2[te]c51. The van der Waals surface area contributed by atoms with Crippen LogP contribution in [0.2, 0.25) is 0 Å². The second kappa shape index (κ2) is 7.63. The average Bonchev–Trinajstić information content (AvgIpc) is 3.70. The van der Waals surface area contributed by atoms with Gasteiger partial charge in [-0.05, 0) is 0 Å². The van der Waals surface area contributed by atoms with Gasteiger partial charge in [0, 0.05) is 0 Å². The molecule has 10 aromatic rings. The molecule has 10 rings (SSSR count). The number of rotatable bonds is 0. The minimum atomic E-state index is -0.408. The zero-order valence-electron chi connectivity index (χ0n) is 19.9. The summed E-state index contributed by atoms with van der Waals surface area (Å²) >= 11 is 2.59. The first kappa shape index (κ1) is 21.5. The summed E-state index contributed by atoms with van der Waals surface area (Å²) in [5.74, 6) is 0. The van der Waals surface area contributed by atoms with E-state index >= 15 is 0 Å². The van der Waals surface area contributed by atoms with Crippen molar-refractivity contribution in [1.29, 1.82) is 0 Å².